The fourth-order valence-corrected chi connectivity index (χ4v) is 2.98. The van der Waals surface area contributed by atoms with E-state index in [4.69, 9.17) is 16.3 Å². The van der Waals surface area contributed by atoms with Crippen LogP contribution in [0.4, 0.5) is 0 Å². The number of hydrogen-bond donors (Lipinski definition) is 0. The van der Waals surface area contributed by atoms with Gasteiger partial charge in [-0.1, -0.05) is 18.2 Å². The Hall–Kier alpha value is -1.22. The van der Waals surface area contributed by atoms with Gasteiger partial charge in [0.15, 0.2) is 0 Å². The van der Waals surface area contributed by atoms with Crippen molar-refractivity contribution < 1.29 is 9.53 Å². The van der Waals surface area contributed by atoms with Crippen LogP contribution in [0, 0.1) is 0 Å². The molecule has 0 saturated heterocycles. The van der Waals surface area contributed by atoms with E-state index in [0.29, 0.717) is 13.1 Å². The molecule has 0 fully saturated rings. The average Bonchev–Trinajstić information content (AvgIpc) is 2.72. The van der Waals surface area contributed by atoms with Crippen LogP contribution in [-0.4, -0.2) is 29.5 Å². The van der Waals surface area contributed by atoms with E-state index in [9.17, 15) is 4.79 Å². The molecule has 1 amide bonds. The van der Waals surface area contributed by atoms with Crippen molar-refractivity contribution in [3.8, 4) is 5.75 Å². The smallest absolute Gasteiger partial charge is 0.245 e. The molecule has 1 aromatic carbocycles. The molecule has 20 heavy (non-hydrogen) atoms. The minimum Gasteiger partial charge on any atom is -0.487 e. The Morgan fingerprint density at radius 2 is 2.05 bits per heavy atom. The summed E-state index contributed by atoms with van der Waals surface area (Å²) in [6, 6.07) is 5.88. The van der Waals surface area contributed by atoms with Gasteiger partial charge in [-0.05, 0) is 33.3 Å². The van der Waals surface area contributed by atoms with Crippen molar-refractivity contribution in [2.45, 2.75) is 45.1 Å². The number of carbonyl (C=O) groups is 1. The van der Waals surface area contributed by atoms with Gasteiger partial charge in [0.05, 0.1) is 0 Å². The first-order chi connectivity index (χ1) is 9.39. The molecule has 4 heteroatoms. The predicted molar refractivity (Wildman–Crippen MR) is 81.4 cm³/mol. The summed E-state index contributed by atoms with van der Waals surface area (Å²) in [5.74, 6) is 0.733. The van der Waals surface area contributed by atoms with E-state index in [1.54, 1.807) is 4.90 Å². The molecule has 0 spiro atoms. The number of ether oxygens (including phenoxy) is 1. The summed E-state index contributed by atoms with van der Waals surface area (Å²) in [5.41, 5.74) is 1.69. The first-order valence-corrected chi connectivity index (χ1v) is 7.57. The largest absolute Gasteiger partial charge is 0.487 e. The number of nitrogens with zero attached hydrogens (tertiary/aromatic N) is 1. The third-order valence-electron chi connectivity index (χ3n) is 3.69. The lowest BCUT2D eigenvalue weighted by Crippen LogP contribution is -2.33. The molecule has 1 atom stereocenters. The Kier molecular flexibility index (Phi) is 4.28. The van der Waals surface area contributed by atoms with E-state index >= 15 is 0 Å². The third-order valence-corrected chi connectivity index (χ3v) is 4.11. The van der Waals surface area contributed by atoms with Crippen LogP contribution >= 0.6 is 11.6 Å². The second kappa shape index (κ2) is 5.65. The van der Waals surface area contributed by atoms with Gasteiger partial charge in [-0.2, -0.15) is 0 Å². The Morgan fingerprint density at radius 3 is 2.65 bits per heavy atom. The summed E-state index contributed by atoms with van der Waals surface area (Å²) in [7, 11) is 0. The molecule has 2 rings (SSSR count). The minimum absolute atomic E-state index is 0.0571. The van der Waals surface area contributed by atoms with Gasteiger partial charge in [0.25, 0.3) is 0 Å². The average molecular weight is 296 g/mol. The molecule has 1 aromatic rings. The number of benzene rings is 1. The maximum Gasteiger partial charge on any atom is 0.245 e. The topological polar surface area (TPSA) is 29.5 Å². The molecule has 1 heterocycles. The molecule has 1 aliphatic rings. The van der Waals surface area contributed by atoms with Crippen LogP contribution in [-0.2, 0) is 11.2 Å². The van der Waals surface area contributed by atoms with Gasteiger partial charge in [0, 0.05) is 25.1 Å². The molecule has 0 aromatic heterocycles. The van der Waals surface area contributed by atoms with Crippen LogP contribution in [0.2, 0.25) is 0 Å². The number of rotatable bonds is 4. The van der Waals surface area contributed by atoms with Gasteiger partial charge in [-0.15, -0.1) is 11.6 Å². The van der Waals surface area contributed by atoms with E-state index in [1.165, 1.54) is 0 Å². The van der Waals surface area contributed by atoms with Crippen molar-refractivity contribution in [1.82, 2.24) is 4.90 Å². The highest BCUT2D eigenvalue weighted by Gasteiger charge is 2.35. The fourth-order valence-electron chi connectivity index (χ4n) is 2.67. The van der Waals surface area contributed by atoms with Crippen molar-refractivity contribution in [2.24, 2.45) is 0 Å². The SMILES string of the molecule is CCN(CC)C(=O)C(Cl)c1cccc2c1OC(C)(C)C2. The molecule has 0 aliphatic carbocycles. The standard InChI is InChI=1S/C16H22ClNO2/c1-5-18(6-2)15(19)13(17)12-9-7-8-11-10-16(3,4)20-14(11)12/h7-9,13H,5-6,10H2,1-4H3. The molecule has 0 saturated carbocycles. The van der Waals surface area contributed by atoms with Crippen LogP contribution in [0.1, 0.15) is 44.2 Å². The van der Waals surface area contributed by atoms with Crippen LogP contribution < -0.4 is 4.74 Å². The first kappa shape index (κ1) is 15.2. The Balaban J connectivity index is 2.31. The van der Waals surface area contributed by atoms with Crippen molar-refractivity contribution in [2.75, 3.05) is 13.1 Å². The number of halogens is 1. The zero-order valence-corrected chi connectivity index (χ0v) is 13.3. The predicted octanol–water partition coefficient (Wildman–Crippen LogP) is 3.55. The van der Waals surface area contributed by atoms with Gasteiger partial charge in [-0.3, -0.25) is 4.79 Å². The number of para-hydroxylation sites is 1. The Bertz CT molecular complexity index is 509. The van der Waals surface area contributed by atoms with Crippen molar-refractivity contribution >= 4 is 17.5 Å². The van der Waals surface area contributed by atoms with E-state index < -0.39 is 5.38 Å². The minimum atomic E-state index is -0.682. The number of hydrogen-bond acceptors (Lipinski definition) is 2. The number of likely N-dealkylation sites (N-methyl/N-ethyl adjacent to an activating group) is 1. The lowest BCUT2D eigenvalue weighted by molar-refractivity contribution is -0.130. The lowest BCUT2D eigenvalue weighted by Gasteiger charge is -2.23. The fraction of sp³-hybridized carbons (Fsp3) is 0.562. The highest BCUT2D eigenvalue weighted by Crippen LogP contribution is 2.42. The van der Waals surface area contributed by atoms with Gasteiger partial charge in [0.1, 0.15) is 16.7 Å². The highest BCUT2D eigenvalue weighted by atomic mass is 35.5. The maximum absolute atomic E-state index is 12.4. The van der Waals surface area contributed by atoms with Gasteiger partial charge in [-0.25, -0.2) is 0 Å². The molecular formula is C16H22ClNO2. The maximum atomic E-state index is 12.4. The molecule has 110 valence electrons. The van der Waals surface area contributed by atoms with Gasteiger partial charge < -0.3 is 9.64 Å². The molecule has 0 bridgehead atoms. The number of amides is 1. The normalized spacial score (nSPS) is 17.2. The van der Waals surface area contributed by atoms with E-state index in [-0.39, 0.29) is 11.5 Å². The number of fused-ring (bicyclic) bond motifs is 1. The lowest BCUT2D eigenvalue weighted by atomic mass is 9.99. The summed E-state index contributed by atoms with van der Waals surface area (Å²) < 4.78 is 5.99. The van der Waals surface area contributed by atoms with Crippen LogP contribution in [0.5, 0.6) is 5.75 Å². The number of carbonyl (C=O) groups excluding carboxylic acids is 1. The summed E-state index contributed by atoms with van der Waals surface area (Å²) >= 11 is 6.41. The number of alkyl halides is 1. The van der Waals surface area contributed by atoms with Gasteiger partial charge in [0.2, 0.25) is 5.91 Å². The zero-order valence-electron chi connectivity index (χ0n) is 12.6. The second-order valence-corrected chi connectivity index (χ2v) is 6.18. The van der Waals surface area contributed by atoms with E-state index in [1.807, 2.05) is 45.9 Å². The van der Waals surface area contributed by atoms with Crippen LogP contribution in [0.3, 0.4) is 0 Å². The Labute approximate surface area is 125 Å². The summed E-state index contributed by atoms with van der Waals surface area (Å²) in [6.45, 7) is 9.35. The molecular weight excluding hydrogens is 274 g/mol. The summed E-state index contributed by atoms with van der Waals surface area (Å²) in [5, 5.41) is -0.682. The molecule has 1 aliphatic heterocycles. The quantitative estimate of drug-likeness (QED) is 0.795. The van der Waals surface area contributed by atoms with Crippen molar-refractivity contribution in [3.05, 3.63) is 29.3 Å². The summed E-state index contributed by atoms with van der Waals surface area (Å²) in [4.78, 5) is 14.2. The van der Waals surface area contributed by atoms with Gasteiger partial charge >= 0.3 is 0 Å². The molecule has 0 radical (unpaired) electrons. The summed E-state index contributed by atoms with van der Waals surface area (Å²) in [6.07, 6.45) is 0.846. The van der Waals surface area contributed by atoms with E-state index in [2.05, 4.69) is 0 Å². The Morgan fingerprint density at radius 1 is 1.40 bits per heavy atom. The van der Waals surface area contributed by atoms with E-state index in [0.717, 1.165) is 23.3 Å². The second-order valence-electron chi connectivity index (χ2n) is 5.75. The molecule has 1 unspecified atom stereocenters. The molecule has 0 N–H and O–H groups in total. The van der Waals surface area contributed by atoms with Crippen LogP contribution in [0.15, 0.2) is 18.2 Å². The van der Waals surface area contributed by atoms with Crippen molar-refractivity contribution in [1.29, 1.82) is 0 Å². The molecule has 3 nitrogen and oxygen atoms in total. The highest BCUT2D eigenvalue weighted by molar-refractivity contribution is 6.31. The third kappa shape index (κ3) is 2.78. The van der Waals surface area contributed by atoms with Crippen molar-refractivity contribution in [3.63, 3.8) is 0 Å². The zero-order chi connectivity index (χ0) is 14.9. The monoisotopic (exact) mass is 295 g/mol. The van der Waals surface area contributed by atoms with Crippen LogP contribution in [0.25, 0.3) is 0 Å². The first-order valence-electron chi connectivity index (χ1n) is 7.13.